The molecule has 0 saturated carbocycles. The lowest BCUT2D eigenvalue weighted by Gasteiger charge is -2.09. The van der Waals surface area contributed by atoms with Crippen LogP contribution in [0.2, 0.25) is 0 Å². The van der Waals surface area contributed by atoms with E-state index < -0.39 is 0 Å². The summed E-state index contributed by atoms with van der Waals surface area (Å²) in [6.07, 6.45) is 3.11. The molecule has 19 heavy (non-hydrogen) atoms. The molecule has 0 spiro atoms. The first kappa shape index (κ1) is 14.8. The highest BCUT2D eigenvalue weighted by Crippen LogP contribution is 2.23. The van der Waals surface area contributed by atoms with Crippen LogP contribution in [0.1, 0.15) is 17.3 Å². The minimum atomic E-state index is -0.188. The number of anilines is 1. The fourth-order valence-electron chi connectivity index (χ4n) is 1.49. The zero-order valence-electron chi connectivity index (χ0n) is 11.6. The molecule has 102 valence electrons. The number of carbonyl (C=O) groups excluding carboxylic acids is 2. The predicted octanol–water partition coefficient (Wildman–Crippen LogP) is 1.91. The molecule has 0 atom stereocenters. The van der Waals surface area contributed by atoms with Crippen LogP contribution in [-0.2, 0) is 4.79 Å². The number of hydrogen-bond donors (Lipinski definition) is 1. The first-order chi connectivity index (χ1) is 8.93. The van der Waals surface area contributed by atoms with Gasteiger partial charge < -0.3 is 15.0 Å². The summed E-state index contributed by atoms with van der Waals surface area (Å²) in [5, 5.41) is 2.64. The SMILES string of the molecule is COc1ccc(NC(C)=O)cc1C(=O)C=CN(C)C. The quantitative estimate of drug-likeness (QED) is 0.650. The lowest BCUT2D eigenvalue weighted by atomic mass is 10.1. The van der Waals surface area contributed by atoms with Gasteiger partial charge in [0.1, 0.15) is 5.75 Å². The van der Waals surface area contributed by atoms with Gasteiger partial charge in [0.05, 0.1) is 12.7 Å². The Morgan fingerprint density at radius 3 is 2.53 bits per heavy atom. The summed E-state index contributed by atoms with van der Waals surface area (Å²) >= 11 is 0. The average molecular weight is 262 g/mol. The van der Waals surface area contributed by atoms with Crippen molar-refractivity contribution in [2.24, 2.45) is 0 Å². The van der Waals surface area contributed by atoms with E-state index in [2.05, 4.69) is 5.32 Å². The van der Waals surface area contributed by atoms with Gasteiger partial charge >= 0.3 is 0 Å². The van der Waals surface area contributed by atoms with Crippen molar-refractivity contribution in [3.05, 3.63) is 36.0 Å². The largest absolute Gasteiger partial charge is 0.496 e. The number of amides is 1. The van der Waals surface area contributed by atoms with Crippen LogP contribution in [0.3, 0.4) is 0 Å². The highest BCUT2D eigenvalue weighted by Gasteiger charge is 2.11. The van der Waals surface area contributed by atoms with E-state index in [1.54, 1.807) is 29.3 Å². The maximum absolute atomic E-state index is 12.1. The smallest absolute Gasteiger partial charge is 0.221 e. The third-order valence-electron chi connectivity index (χ3n) is 2.31. The third kappa shape index (κ3) is 4.46. The lowest BCUT2D eigenvalue weighted by molar-refractivity contribution is -0.114. The Morgan fingerprint density at radius 2 is 2.00 bits per heavy atom. The van der Waals surface area contributed by atoms with Gasteiger partial charge in [-0.3, -0.25) is 9.59 Å². The fraction of sp³-hybridized carbons (Fsp3) is 0.286. The molecule has 1 N–H and O–H groups in total. The summed E-state index contributed by atoms with van der Waals surface area (Å²) in [5.41, 5.74) is 0.974. The van der Waals surface area contributed by atoms with Crippen LogP contribution in [0.5, 0.6) is 5.75 Å². The zero-order valence-corrected chi connectivity index (χ0v) is 11.6. The first-order valence-electron chi connectivity index (χ1n) is 5.78. The molecule has 0 unspecified atom stereocenters. The minimum absolute atomic E-state index is 0.183. The summed E-state index contributed by atoms with van der Waals surface area (Å²) in [5.74, 6) is 0.104. The number of nitrogens with one attached hydrogen (secondary N) is 1. The molecule has 5 heteroatoms. The predicted molar refractivity (Wildman–Crippen MR) is 74.5 cm³/mol. The van der Waals surface area contributed by atoms with E-state index in [0.717, 1.165) is 0 Å². The van der Waals surface area contributed by atoms with E-state index in [1.807, 2.05) is 14.1 Å². The molecule has 1 aromatic carbocycles. The lowest BCUT2D eigenvalue weighted by Crippen LogP contribution is -2.08. The van der Waals surface area contributed by atoms with E-state index in [1.165, 1.54) is 20.1 Å². The van der Waals surface area contributed by atoms with E-state index in [4.69, 9.17) is 4.74 Å². The van der Waals surface area contributed by atoms with Crippen LogP contribution in [0.15, 0.2) is 30.5 Å². The molecule has 5 nitrogen and oxygen atoms in total. The topological polar surface area (TPSA) is 58.6 Å². The number of ketones is 1. The molecule has 1 aromatic rings. The number of methoxy groups -OCH3 is 1. The molecule has 1 rings (SSSR count). The van der Waals surface area contributed by atoms with Crippen molar-refractivity contribution in [1.82, 2.24) is 4.90 Å². The van der Waals surface area contributed by atoms with Gasteiger partial charge in [-0.2, -0.15) is 0 Å². The van der Waals surface area contributed by atoms with Crippen molar-refractivity contribution in [3.8, 4) is 5.75 Å². The molecule has 1 amide bonds. The van der Waals surface area contributed by atoms with Crippen molar-refractivity contribution in [2.75, 3.05) is 26.5 Å². The Hall–Kier alpha value is -2.30. The average Bonchev–Trinajstić information content (AvgIpc) is 2.35. The molecular weight excluding hydrogens is 244 g/mol. The Bertz CT molecular complexity index is 507. The van der Waals surface area contributed by atoms with Crippen LogP contribution in [0, 0.1) is 0 Å². The molecule has 0 bridgehead atoms. The van der Waals surface area contributed by atoms with E-state index in [9.17, 15) is 9.59 Å². The van der Waals surface area contributed by atoms with Gasteiger partial charge in [0.25, 0.3) is 0 Å². The van der Waals surface area contributed by atoms with E-state index in [0.29, 0.717) is 17.0 Å². The van der Waals surface area contributed by atoms with Crippen molar-refractivity contribution >= 4 is 17.4 Å². The second-order valence-electron chi connectivity index (χ2n) is 4.24. The Kier molecular flexibility index (Phi) is 5.11. The fourth-order valence-corrected chi connectivity index (χ4v) is 1.49. The molecule has 0 heterocycles. The third-order valence-corrected chi connectivity index (χ3v) is 2.31. The Balaban J connectivity index is 3.08. The summed E-state index contributed by atoms with van der Waals surface area (Å²) in [6, 6.07) is 4.94. The van der Waals surface area contributed by atoms with Gasteiger partial charge in [-0.15, -0.1) is 0 Å². The molecule has 0 saturated heterocycles. The number of ether oxygens (including phenoxy) is 1. The van der Waals surface area contributed by atoms with Crippen LogP contribution < -0.4 is 10.1 Å². The standard InChI is InChI=1S/C14H18N2O3/c1-10(17)15-11-5-6-14(19-4)12(9-11)13(18)7-8-16(2)3/h5-9H,1-4H3,(H,15,17). The normalized spacial score (nSPS) is 10.3. The number of benzene rings is 1. The van der Waals surface area contributed by atoms with Gasteiger partial charge in [0.15, 0.2) is 5.78 Å². The number of rotatable bonds is 5. The second-order valence-corrected chi connectivity index (χ2v) is 4.24. The molecule has 0 aromatic heterocycles. The number of carbonyl (C=O) groups is 2. The van der Waals surface area contributed by atoms with E-state index in [-0.39, 0.29) is 11.7 Å². The second kappa shape index (κ2) is 6.58. The van der Waals surface area contributed by atoms with E-state index >= 15 is 0 Å². The van der Waals surface area contributed by atoms with Gasteiger partial charge in [0, 0.05) is 39.0 Å². The Morgan fingerprint density at radius 1 is 1.32 bits per heavy atom. The number of nitrogens with zero attached hydrogens (tertiary/aromatic N) is 1. The van der Waals surface area contributed by atoms with Crippen LogP contribution in [0.4, 0.5) is 5.69 Å². The maximum atomic E-state index is 12.1. The van der Waals surface area contributed by atoms with Crippen molar-refractivity contribution < 1.29 is 14.3 Å². The number of allylic oxidation sites excluding steroid dienone is 1. The summed E-state index contributed by atoms with van der Waals surface area (Å²) in [6.45, 7) is 1.41. The monoisotopic (exact) mass is 262 g/mol. The van der Waals surface area contributed by atoms with Crippen LogP contribution in [0.25, 0.3) is 0 Å². The van der Waals surface area contributed by atoms with Gasteiger partial charge in [-0.25, -0.2) is 0 Å². The van der Waals surface area contributed by atoms with Crippen molar-refractivity contribution in [3.63, 3.8) is 0 Å². The molecule has 0 fully saturated rings. The molecular formula is C14H18N2O3. The molecule has 0 aliphatic carbocycles. The minimum Gasteiger partial charge on any atom is -0.496 e. The Labute approximate surface area is 112 Å². The summed E-state index contributed by atoms with van der Waals surface area (Å²) in [7, 11) is 5.16. The molecule has 0 radical (unpaired) electrons. The van der Waals surface area contributed by atoms with Crippen LogP contribution >= 0.6 is 0 Å². The first-order valence-corrected chi connectivity index (χ1v) is 5.78. The zero-order chi connectivity index (χ0) is 14.4. The molecule has 0 aliphatic rings. The van der Waals surface area contributed by atoms with Crippen molar-refractivity contribution in [2.45, 2.75) is 6.92 Å². The van der Waals surface area contributed by atoms with Gasteiger partial charge in [0.2, 0.25) is 5.91 Å². The maximum Gasteiger partial charge on any atom is 0.221 e. The highest BCUT2D eigenvalue weighted by atomic mass is 16.5. The highest BCUT2D eigenvalue weighted by molar-refractivity contribution is 6.07. The summed E-state index contributed by atoms with van der Waals surface area (Å²) in [4.78, 5) is 24.8. The van der Waals surface area contributed by atoms with Crippen molar-refractivity contribution in [1.29, 1.82) is 0 Å². The number of hydrogen-bond acceptors (Lipinski definition) is 4. The van der Waals surface area contributed by atoms with Gasteiger partial charge in [-0.05, 0) is 18.2 Å². The summed E-state index contributed by atoms with van der Waals surface area (Å²) < 4.78 is 5.15. The molecule has 0 aliphatic heterocycles. The van der Waals surface area contributed by atoms with Gasteiger partial charge in [-0.1, -0.05) is 0 Å². The van der Waals surface area contributed by atoms with Crippen LogP contribution in [-0.4, -0.2) is 37.8 Å².